The summed E-state index contributed by atoms with van der Waals surface area (Å²) in [6.45, 7) is 2.67. The van der Waals surface area contributed by atoms with Crippen molar-refractivity contribution in [1.29, 1.82) is 0 Å². The maximum absolute atomic E-state index is 12.2. The SMILES string of the molecule is COc1ccc(C(C)C(=O)OCCCn2nnc(-c3ccccc3)n2)cc1. The summed E-state index contributed by atoms with van der Waals surface area (Å²) in [5, 5.41) is 12.4. The smallest absolute Gasteiger partial charge is 0.313 e. The van der Waals surface area contributed by atoms with Crippen molar-refractivity contribution in [3.8, 4) is 17.1 Å². The third kappa shape index (κ3) is 4.91. The van der Waals surface area contributed by atoms with Gasteiger partial charge in [0.2, 0.25) is 5.82 Å². The predicted octanol–water partition coefficient (Wildman–Crippen LogP) is 3.09. The molecule has 1 aromatic heterocycles. The van der Waals surface area contributed by atoms with Crippen molar-refractivity contribution < 1.29 is 14.3 Å². The van der Waals surface area contributed by atoms with Gasteiger partial charge in [0.25, 0.3) is 0 Å². The molecule has 1 atom stereocenters. The van der Waals surface area contributed by atoms with Crippen molar-refractivity contribution in [2.45, 2.75) is 25.8 Å². The van der Waals surface area contributed by atoms with Gasteiger partial charge >= 0.3 is 5.97 Å². The summed E-state index contributed by atoms with van der Waals surface area (Å²) in [6.07, 6.45) is 0.617. The maximum atomic E-state index is 12.2. The molecule has 1 heterocycles. The van der Waals surface area contributed by atoms with Crippen LogP contribution in [0.2, 0.25) is 0 Å². The van der Waals surface area contributed by atoms with E-state index < -0.39 is 0 Å². The summed E-state index contributed by atoms with van der Waals surface area (Å²) in [5.41, 5.74) is 1.81. The van der Waals surface area contributed by atoms with E-state index in [1.807, 2.05) is 61.5 Å². The molecule has 140 valence electrons. The molecule has 0 amide bonds. The van der Waals surface area contributed by atoms with Crippen LogP contribution in [0, 0.1) is 0 Å². The van der Waals surface area contributed by atoms with Gasteiger partial charge in [-0.15, -0.1) is 10.2 Å². The minimum Gasteiger partial charge on any atom is -0.497 e. The van der Waals surface area contributed by atoms with E-state index in [4.69, 9.17) is 9.47 Å². The van der Waals surface area contributed by atoms with Gasteiger partial charge in [0.05, 0.1) is 26.2 Å². The lowest BCUT2D eigenvalue weighted by molar-refractivity contribution is -0.145. The normalized spacial score (nSPS) is 11.8. The van der Waals surface area contributed by atoms with Gasteiger partial charge in [0.1, 0.15) is 5.75 Å². The number of rotatable bonds is 8. The Morgan fingerprint density at radius 3 is 2.56 bits per heavy atom. The van der Waals surface area contributed by atoms with E-state index in [1.54, 1.807) is 7.11 Å². The Bertz CT molecular complexity index is 862. The molecule has 1 unspecified atom stereocenters. The Balaban J connectivity index is 1.44. The number of aryl methyl sites for hydroxylation is 1. The van der Waals surface area contributed by atoms with Crippen molar-refractivity contribution in [2.75, 3.05) is 13.7 Å². The highest BCUT2D eigenvalue weighted by Gasteiger charge is 2.16. The quantitative estimate of drug-likeness (QED) is 0.450. The molecule has 0 saturated heterocycles. The molecule has 3 aromatic rings. The van der Waals surface area contributed by atoms with Gasteiger partial charge in [-0.1, -0.05) is 42.5 Å². The molecule has 0 aliphatic rings. The van der Waals surface area contributed by atoms with Crippen LogP contribution >= 0.6 is 0 Å². The van der Waals surface area contributed by atoms with E-state index in [2.05, 4.69) is 15.4 Å². The Kier molecular flexibility index (Phi) is 6.14. The van der Waals surface area contributed by atoms with Crippen molar-refractivity contribution in [3.05, 3.63) is 60.2 Å². The monoisotopic (exact) mass is 366 g/mol. The highest BCUT2D eigenvalue weighted by atomic mass is 16.5. The summed E-state index contributed by atoms with van der Waals surface area (Å²) in [4.78, 5) is 13.7. The molecule has 7 heteroatoms. The van der Waals surface area contributed by atoms with Crippen LogP contribution in [0.4, 0.5) is 0 Å². The number of benzene rings is 2. The highest BCUT2D eigenvalue weighted by molar-refractivity contribution is 5.77. The number of hydrogen-bond acceptors (Lipinski definition) is 6. The van der Waals surface area contributed by atoms with E-state index >= 15 is 0 Å². The number of methoxy groups -OCH3 is 1. The van der Waals surface area contributed by atoms with E-state index in [-0.39, 0.29) is 11.9 Å². The molecule has 0 aliphatic heterocycles. The molecule has 0 spiro atoms. The largest absolute Gasteiger partial charge is 0.497 e. The van der Waals surface area contributed by atoms with E-state index in [9.17, 15) is 4.79 Å². The number of esters is 1. The Morgan fingerprint density at radius 1 is 1.11 bits per heavy atom. The Morgan fingerprint density at radius 2 is 1.85 bits per heavy atom. The zero-order chi connectivity index (χ0) is 19.1. The fraction of sp³-hybridized carbons (Fsp3) is 0.300. The number of aromatic nitrogens is 4. The fourth-order valence-corrected chi connectivity index (χ4v) is 2.57. The predicted molar refractivity (Wildman–Crippen MR) is 100 cm³/mol. The van der Waals surface area contributed by atoms with Crippen LogP contribution in [0.25, 0.3) is 11.4 Å². The molecule has 0 radical (unpaired) electrons. The molecule has 0 aliphatic carbocycles. The van der Waals surface area contributed by atoms with Crippen LogP contribution in [0.15, 0.2) is 54.6 Å². The molecule has 7 nitrogen and oxygen atoms in total. The summed E-state index contributed by atoms with van der Waals surface area (Å²) in [7, 11) is 1.61. The molecular weight excluding hydrogens is 344 g/mol. The van der Waals surface area contributed by atoms with Crippen LogP contribution in [0.5, 0.6) is 5.75 Å². The van der Waals surface area contributed by atoms with Gasteiger partial charge in [0.15, 0.2) is 0 Å². The van der Waals surface area contributed by atoms with Crippen LogP contribution < -0.4 is 4.74 Å². The first-order chi connectivity index (χ1) is 13.2. The summed E-state index contributed by atoms with van der Waals surface area (Å²) in [5.74, 6) is 0.761. The Hall–Kier alpha value is -3.22. The second-order valence-corrected chi connectivity index (χ2v) is 6.09. The van der Waals surface area contributed by atoms with Gasteiger partial charge < -0.3 is 9.47 Å². The first-order valence-electron chi connectivity index (χ1n) is 8.81. The molecule has 3 rings (SSSR count). The second kappa shape index (κ2) is 8.93. The average molecular weight is 366 g/mol. The average Bonchev–Trinajstić information content (AvgIpc) is 3.20. The number of carbonyl (C=O) groups excluding carboxylic acids is 1. The maximum Gasteiger partial charge on any atom is 0.313 e. The van der Waals surface area contributed by atoms with Crippen LogP contribution in [-0.2, 0) is 16.1 Å². The van der Waals surface area contributed by atoms with E-state index in [0.717, 1.165) is 16.9 Å². The summed E-state index contributed by atoms with van der Waals surface area (Å²) < 4.78 is 10.5. The summed E-state index contributed by atoms with van der Waals surface area (Å²) in [6, 6.07) is 17.1. The first-order valence-corrected chi connectivity index (χ1v) is 8.81. The van der Waals surface area contributed by atoms with Gasteiger partial charge in [0, 0.05) is 12.0 Å². The van der Waals surface area contributed by atoms with Gasteiger partial charge in [-0.2, -0.15) is 4.80 Å². The number of ether oxygens (including phenoxy) is 2. The number of nitrogens with zero attached hydrogens (tertiary/aromatic N) is 4. The molecule has 27 heavy (non-hydrogen) atoms. The molecular formula is C20H22N4O3. The standard InChI is InChI=1S/C20H22N4O3/c1-15(16-9-11-18(26-2)12-10-16)20(25)27-14-6-13-24-22-19(21-23-24)17-7-4-3-5-8-17/h3-5,7-12,15H,6,13-14H2,1-2H3. The van der Waals surface area contributed by atoms with Crippen LogP contribution in [-0.4, -0.2) is 39.9 Å². The molecule has 0 saturated carbocycles. The topological polar surface area (TPSA) is 79.1 Å². The van der Waals surface area contributed by atoms with Gasteiger partial charge in [-0.05, 0) is 29.8 Å². The first kappa shape index (κ1) is 18.6. The van der Waals surface area contributed by atoms with Crippen LogP contribution in [0.3, 0.4) is 0 Å². The summed E-state index contributed by atoms with van der Waals surface area (Å²) >= 11 is 0. The second-order valence-electron chi connectivity index (χ2n) is 6.09. The zero-order valence-corrected chi connectivity index (χ0v) is 15.4. The lowest BCUT2D eigenvalue weighted by Crippen LogP contribution is -2.15. The van der Waals surface area contributed by atoms with Crippen LogP contribution in [0.1, 0.15) is 24.8 Å². The van der Waals surface area contributed by atoms with Crippen molar-refractivity contribution in [2.24, 2.45) is 0 Å². The Labute approximate surface area is 157 Å². The van der Waals surface area contributed by atoms with E-state index in [1.165, 1.54) is 4.80 Å². The van der Waals surface area contributed by atoms with Crippen molar-refractivity contribution in [1.82, 2.24) is 20.2 Å². The fourth-order valence-electron chi connectivity index (χ4n) is 2.57. The zero-order valence-electron chi connectivity index (χ0n) is 15.4. The molecule has 0 N–H and O–H groups in total. The molecule has 0 bridgehead atoms. The third-order valence-corrected chi connectivity index (χ3v) is 4.20. The van der Waals surface area contributed by atoms with Gasteiger partial charge in [-0.25, -0.2) is 0 Å². The lowest BCUT2D eigenvalue weighted by atomic mass is 10.0. The molecule has 2 aromatic carbocycles. The third-order valence-electron chi connectivity index (χ3n) is 4.20. The number of hydrogen-bond donors (Lipinski definition) is 0. The minimum absolute atomic E-state index is 0.253. The minimum atomic E-state index is -0.329. The highest BCUT2D eigenvalue weighted by Crippen LogP contribution is 2.20. The van der Waals surface area contributed by atoms with E-state index in [0.29, 0.717) is 25.4 Å². The lowest BCUT2D eigenvalue weighted by Gasteiger charge is -2.12. The number of tetrazole rings is 1. The molecule has 0 fully saturated rings. The number of carbonyl (C=O) groups is 1. The van der Waals surface area contributed by atoms with Crippen molar-refractivity contribution >= 4 is 5.97 Å². The van der Waals surface area contributed by atoms with Gasteiger partial charge in [-0.3, -0.25) is 4.79 Å². The van der Waals surface area contributed by atoms with Crippen molar-refractivity contribution in [3.63, 3.8) is 0 Å².